The number of carbonyl (C=O) groups is 1. The Bertz CT molecular complexity index is 809. The summed E-state index contributed by atoms with van der Waals surface area (Å²) in [6.45, 7) is 4.08. The molecule has 48 heavy (non-hydrogen) atoms. The number of rotatable bonds is 37. The molecule has 0 bridgehead atoms. The highest BCUT2D eigenvalue weighted by Crippen LogP contribution is 2.43. The molecule has 0 saturated carbocycles. The molecule has 0 fully saturated rings. The zero-order chi connectivity index (χ0) is 35.4. The van der Waals surface area contributed by atoms with Crippen LogP contribution in [0.25, 0.3) is 0 Å². The van der Waals surface area contributed by atoms with Crippen LogP contribution < -0.4 is 11.1 Å². The molecular weight excluding hydrogens is 623 g/mol. The van der Waals surface area contributed by atoms with Crippen LogP contribution in [0, 0.1) is 0 Å². The van der Waals surface area contributed by atoms with E-state index in [1.807, 2.05) is 6.08 Å². The summed E-state index contributed by atoms with van der Waals surface area (Å²) in [6.07, 6.45) is 39.5. The van der Waals surface area contributed by atoms with Gasteiger partial charge in [0, 0.05) is 13.0 Å². The summed E-state index contributed by atoms with van der Waals surface area (Å²) in [6, 6.07) is -0.856. The molecular formula is C39H77N2O6P. The first-order valence-electron chi connectivity index (χ1n) is 20.0. The molecule has 3 atom stereocenters. The molecule has 0 radical (unpaired) electrons. The van der Waals surface area contributed by atoms with Gasteiger partial charge < -0.3 is 21.1 Å². The van der Waals surface area contributed by atoms with Crippen LogP contribution >= 0.6 is 7.82 Å². The number of nitrogens with one attached hydrogen (secondary N) is 1. The lowest BCUT2D eigenvalue weighted by molar-refractivity contribution is -0.123. The van der Waals surface area contributed by atoms with Crippen LogP contribution in [0.15, 0.2) is 24.3 Å². The van der Waals surface area contributed by atoms with Gasteiger partial charge in [-0.25, -0.2) is 4.57 Å². The maximum atomic E-state index is 12.7. The van der Waals surface area contributed by atoms with Crippen molar-refractivity contribution in [2.45, 2.75) is 199 Å². The molecule has 284 valence electrons. The van der Waals surface area contributed by atoms with Crippen molar-refractivity contribution in [2.24, 2.45) is 5.73 Å². The predicted octanol–water partition coefficient (Wildman–Crippen LogP) is 10.6. The van der Waals surface area contributed by atoms with Crippen molar-refractivity contribution in [1.82, 2.24) is 5.32 Å². The molecule has 0 aliphatic carbocycles. The maximum absolute atomic E-state index is 12.7. The average molecular weight is 701 g/mol. The molecule has 0 aromatic carbocycles. The first-order valence-corrected chi connectivity index (χ1v) is 21.5. The first kappa shape index (κ1) is 47.0. The lowest BCUT2D eigenvalue weighted by Gasteiger charge is -2.23. The van der Waals surface area contributed by atoms with E-state index in [-0.39, 0.29) is 25.7 Å². The third-order valence-electron chi connectivity index (χ3n) is 8.77. The molecule has 0 aromatic rings. The number of amides is 1. The molecule has 0 aliphatic rings. The van der Waals surface area contributed by atoms with Crippen molar-refractivity contribution >= 4 is 13.7 Å². The highest BCUT2D eigenvalue weighted by molar-refractivity contribution is 7.47. The zero-order valence-corrected chi connectivity index (χ0v) is 32.1. The fourth-order valence-electron chi connectivity index (χ4n) is 5.71. The van der Waals surface area contributed by atoms with E-state index in [9.17, 15) is 19.4 Å². The third-order valence-corrected chi connectivity index (χ3v) is 9.76. The van der Waals surface area contributed by atoms with Gasteiger partial charge in [0.2, 0.25) is 5.91 Å². The Morgan fingerprint density at radius 2 is 1.08 bits per heavy atom. The highest BCUT2D eigenvalue weighted by Gasteiger charge is 2.26. The van der Waals surface area contributed by atoms with Crippen LogP contribution in [0.4, 0.5) is 0 Å². The summed E-state index contributed by atoms with van der Waals surface area (Å²) >= 11 is 0. The fraction of sp³-hybridized carbons (Fsp3) is 0.872. The third kappa shape index (κ3) is 33.5. The number of aliphatic hydroxyl groups excluding tert-OH is 1. The standard InChI is InChI=1S/C39H77N2O6P/c1-3-5-7-9-11-13-14-15-16-17-18-19-20-21-22-23-24-25-27-29-31-33-39(43)41-37(36-47-48(44,45)46-35-34-40)38(42)32-30-28-26-12-10-8-6-4-2/h17-18,30,32,37-38,42H,3-16,19-29,31,33-36,40H2,1-2H3,(H,41,43)(H,44,45)/b18-17-,32-30+. The van der Waals surface area contributed by atoms with Crippen LogP contribution in [0.1, 0.15) is 187 Å². The molecule has 0 aromatic heterocycles. The van der Waals surface area contributed by atoms with Crippen LogP contribution in [-0.2, 0) is 18.4 Å². The smallest absolute Gasteiger partial charge is 0.387 e. The van der Waals surface area contributed by atoms with Gasteiger partial charge in [-0.2, -0.15) is 0 Å². The number of unbranched alkanes of at least 4 members (excludes halogenated alkanes) is 23. The Morgan fingerprint density at radius 3 is 1.54 bits per heavy atom. The van der Waals surface area contributed by atoms with Crippen LogP contribution in [-0.4, -0.2) is 47.8 Å². The number of phosphoric ester groups is 1. The van der Waals surface area contributed by atoms with Crippen molar-refractivity contribution in [3.8, 4) is 0 Å². The lowest BCUT2D eigenvalue weighted by Crippen LogP contribution is -2.45. The molecule has 0 heterocycles. The Balaban J connectivity index is 4.08. The van der Waals surface area contributed by atoms with E-state index in [1.54, 1.807) is 6.08 Å². The van der Waals surface area contributed by atoms with Gasteiger partial charge in [-0.15, -0.1) is 0 Å². The maximum Gasteiger partial charge on any atom is 0.472 e. The number of phosphoric acid groups is 1. The second-order valence-electron chi connectivity index (χ2n) is 13.5. The number of allylic oxidation sites excluding steroid dienone is 3. The van der Waals surface area contributed by atoms with Crippen molar-refractivity contribution in [3.05, 3.63) is 24.3 Å². The molecule has 1 amide bonds. The highest BCUT2D eigenvalue weighted by atomic mass is 31.2. The number of aliphatic hydroxyl groups is 1. The first-order chi connectivity index (χ1) is 23.4. The SMILES string of the molecule is CCCCCCCC/C=C/C(O)C(COP(=O)(O)OCCN)NC(=O)CCCCCCCCCCC/C=C\CCCCCCCCCC. The van der Waals surface area contributed by atoms with Crippen LogP contribution in [0.5, 0.6) is 0 Å². The molecule has 3 unspecified atom stereocenters. The number of hydrogen-bond donors (Lipinski definition) is 4. The quantitative estimate of drug-likeness (QED) is 0.0288. The summed E-state index contributed by atoms with van der Waals surface area (Å²) in [4.78, 5) is 22.5. The minimum Gasteiger partial charge on any atom is -0.387 e. The average Bonchev–Trinajstić information content (AvgIpc) is 3.07. The van der Waals surface area contributed by atoms with Gasteiger partial charge >= 0.3 is 7.82 Å². The number of hydrogen-bond acceptors (Lipinski definition) is 6. The van der Waals surface area contributed by atoms with E-state index in [0.717, 1.165) is 38.5 Å². The van der Waals surface area contributed by atoms with Gasteiger partial charge in [0.05, 0.1) is 25.4 Å². The van der Waals surface area contributed by atoms with E-state index in [1.165, 1.54) is 128 Å². The normalized spacial score (nSPS) is 14.5. The lowest BCUT2D eigenvalue weighted by atomic mass is 10.0. The van der Waals surface area contributed by atoms with E-state index < -0.39 is 20.0 Å². The second-order valence-corrected chi connectivity index (χ2v) is 14.9. The van der Waals surface area contributed by atoms with Gasteiger partial charge in [-0.05, 0) is 44.9 Å². The molecule has 8 nitrogen and oxygen atoms in total. The summed E-state index contributed by atoms with van der Waals surface area (Å²) in [5, 5.41) is 13.5. The topological polar surface area (TPSA) is 131 Å². The minimum atomic E-state index is -4.32. The Labute approximate surface area is 296 Å². The number of nitrogens with two attached hydrogens (primary N) is 1. The van der Waals surface area contributed by atoms with Gasteiger partial charge in [0.15, 0.2) is 0 Å². The molecule has 0 spiro atoms. The zero-order valence-electron chi connectivity index (χ0n) is 31.2. The summed E-state index contributed by atoms with van der Waals surface area (Å²) in [5.74, 6) is -0.200. The molecule has 9 heteroatoms. The monoisotopic (exact) mass is 701 g/mol. The summed E-state index contributed by atoms with van der Waals surface area (Å²) in [7, 11) is -4.32. The van der Waals surface area contributed by atoms with Gasteiger partial charge in [-0.3, -0.25) is 13.8 Å². The number of carbonyl (C=O) groups excluding carboxylic acids is 1. The van der Waals surface area contributed by atoms with Crippen LogP contribution in [0.3, 0.4) is 0 Å². The van der Waals surface area contributed by atoms with Crippen molar-refractivity contribution in [3.63, 3.8) is 0 Å². The van der Waals surface area contributed by atoms with Crippen molar-refractivity contribution in [1.29, 1.82) is 0 Å². The Kier molecular flexibility index (Phi) is 35.0. The predicted molar refractivity (Wildman–Crippen MR) is 203 cm³/mol. The van der Waals surface area contributed by atoms with E-state index in [2.05, 4.69) is 31.3 Å². The molecule has 0 rings (SSSR count). The molecule has 5 N–H and O–H groups in total. The second kappa shape index (κ2) is 35.8. The largest absolute Gasteiger partial charge is 0.472 e. The summed E-state index contributed by atoms with van der Waals surface area (Å²) < 4.78 is 22.0. The van der Waals surface area contributed by atoms with Gasteiger partial charge in [0.25, 0.3) is 0 Å². The summed E-state index contributed by atoms with van der Waals surface area (Å²) in [5.41, 5.74) is 5.34. The molecule has 0 saturated heterocycles. The van der Waals surface area contributed by atoms with E-state index in [0.29, 0.717) is 6.42 Å². The van der Waals surface area contributed by atoms with Gasteiger partial charge in [0.1, 0.15) is 0 Å². The Morgan fingerprint density at radius 1 is 0.667 bits per heavy atom. The van der Waals surface area contributed by atoms with Crippen molar-refractivity contribution in [2.75, 3.05) is 19.8 Å². The Hall–Kier alpha value is -1.02. The van der Waals surface area contributed by atoms with E-state index in [4.69, 9.17) is 14.8 Å². The minimum absolute atomic E-state index is 0.0786. The van der Waals surface area contributed by atoms with Crippen LogP contribution in [0.2, 0.25) is 0 Å². The molecule has 0 aliphatic heterocycles. The van der Waals surface area contributed by atoms with Crippen molar-refractivity contribution < 1.29 is 28.4 Å². The van der Waals surface area contributed by atoms with Gasteiger partial charge in [-0.1, -0.05) is 160 Å². The fourth-order valence-corrected chi connectivity index (χ4v) is 6.47. The van der Waals surface area contributed by atoms with E-state index >= 15 is 0 Å².